The molecule has 0 radical (unpaired) electrons. The van der Waals surface area contributed by atoms with Gasteiger partial charge in [0, 0.05) is 10.9 Å². The Bertz CT molecular complexity index is 1390. The van der Waals surface area contributed by atoms with E-state index < -0.39 is 35.6 Å². The van der Waals surface area contributed by atoms with Crippen molar-refractivity contribution < 1.29 is 27.5 Å². The molecule has 2 aromatic carbocycles. The minimum Gasteiger partial charge on any atom is -0.375 e. The summed E-state index contributed by atoms with van der Waals surface area (Å²) >= 11 is 0. The Hall–Kier alpha value is -3.86. The number of alkyl halides is 3. The number of nitrogens with two attached hydrogens (primary N) is 1. The lowest BCUT2D eigenvalue weighted by molar-refractivity contribution is -0.269. The highest BCUT2D eigenvalue weighted by Crippen LogP contribution is 2.40. The van der Waals surface area contributed by atoms with Crippen LogP contribution in [-0.2, 0) is 12.1 Å². The summed E-state index contributed by atoms with van der Waals surface area (Å²) < 4.78 is 55.5. The molecule has 4 rings (SSSR count). The van der Waals surface area contributed by atoms with Crippen LogP contribution in [-0.4, -0.2) is 37.2 Å². The number of aliphatic hydroxyl groups is 1. The van der Waals surface area contributed by atoms with E-state index in [0.717, 1.165) is 10.9 Å². The number of nitrogens with zero attached hydrogens (tertiary/aromatic N) is 4. The fourth-order valence-corrected chi connectivity index (χ4v) is 3.68. The Kier molecular flexibility index (Phi) is 5.82. The van der Waals surface area contributed by atoms with Crippen LogP contribution in [0.5, 0.6) is 0 Å². The van der Waals surface area contributed by atoms with Crippen molar-refractivity contribution in [2.45, 2.75) is 31.7 Å². The lowest BCUT2D eigenvalue weighted by Gasteiger charge is -2.26. The molecule has 0 aliphatic carbocycles. The first-order chi connectivity index (χ1) is 16.0. The van der Waals surface area contributed by atoms with Crippen LogP contribution in [0, 0.1) is 5.82 Å². The Balaban J connectivity index is 1.75. The lowest BCUT2D eigenvalue weighted by atomic mass is 9.96. The zero-order valence-electron chi connectivity index (χ0n) is 17.8. The second-order valence-electron chi connectivity index (χ2n) is 7.76. The van der Waals surface area contributed by atoms with Gasteiger partial charge < -0.3 is 10.8 Å². The Morgan fingerprint density at radius 3 is 2.50 bits per heavy atom. The molecule has 11 heteroatoms. The van der Waals surface area contributed by atoms with Crippen LogP contribution in [0.4, 0.5) is 17.6 Å². The molecule has 2 heterocycles. The van der Waals surface area contributed by atoms with E-state index in [1.54, 1.807) is 36.4 Å². The smallest absolute Gasteiger partial charge is 0.375 e. The zero-order valence-corrected chi connectivity index (χ0v) is 17.8. The molecule has 1 atom stereocenters. The maximum Gasteiger partial charge on any atom is 0.423 e. The van der Waals surface area contributed by atoms with E-state index in [0.29, 0.717) is 22.0 Å². The van der Waals surface area contributed by atoms with Crippen molar-refractivity contribution in [2.24, 2.45) is 5.73 Å². The number of hydrogen-bond acceptors (Lipinski definition) is 5. The first-order valence-corrected chi connectivity index (χ1v) is 10.2. The standard InChI is InChI=1S/C23H19F4N5O2/c1-2-22(34,23(25,26)27)20-12-32(31-30-20)11-13-7-8-15-16(14-5-3-4-6-17(14)24)10-19(21(28)33)29-18(15)9-13/h3-10,12,34H,2,11H2,1H3,(H2,28,33)/t22-/m0/s1. The molecule has 0 aliphatic rings. The van der Waals surface area contributed by atoms with E-state index in [-0.39, 0.29) is 17.8 Å². The molecule has 0 spiro atoms. The number of hydrogen-bond donors (Lipinski definition) is 2. The maximum atomic E-state index is 14.5. The van der Waals surface area contributed by atoms with Gasteiger partial charge in [0.05, 0.1) is 18.3 Å². The summed E-state index contributed by atoms with van der Waals surface area (Å²) in [5.74, 6) is -1.28. The third kappa shape index (κ3) is 4.10. The van der Waals surface area contributed by atoms with Gasteiger partial charge in [-0.2, -0.15) is 13.2 Å². The SMILES string of the molecule is CC[C@](O)(c1cn(Cc2ccc3c(-c4ccccc4F)cc(C(N)=O)nc3c2)nn1)C(F)(F)F. The minimum absolute atomic E-state index is 0.0120. The average molecular weight is 473 g/mol. The number of benzene rings is 2. The van der Waals surface area contributed by atoms with Crippen LogP contribution in [0.25, 0.3) is 22.0 Å². The molecule has 0 aliphatic heterocycles. The molecule has 1 amide bonds. The number of pyridine rings is 1. The summed E-state index contributed by atoms with van der Waals surface area (Å²) in [5, 5.41) is 17.8. The molecule has 34 heavy (non-hydrogen) atoms. The summed E-state index contributed by atoms with van der Waals surface area (Å²) in [6.07, 6.45) is -4.51. The van der Waals surface area contributed by atoms with E-state index in [1.165, 1.54) is 19.1 Å². The molecule has 0 saturated carbocycles. The third-order valence-electron chi connectivity index (χ3n) is 5.58. The van der Waals surface area contributed by atoms with Crippen molar-refractivity contribution in [1.82, 2.24) is 20.0 Å². The van der Waals surface area contributed by atoms with Crippen LogP contribution in [0.1, 0.15) is 35.1 Å². The van der Waals surface area contributed by atoms with Gasteiger partial charge in [-0.05, 0) is 35.7 Å². The van der Waals surface area contributed by atoms with Gasteiger partial charge in [0.2, 0.25) is 5.60 Å². The Morgan fingerprint density at radius 2 is 1.85 bits per heavy atom. The number of primary amides is 1. The highest BCUT2D eigenvalue weighted by molar-refractivity contribution is 6.01. The van der Waals surface area contributed by atoms with Crippen molar-refractivity contribution in [3.63, 3.8) is 0 Å². The highest BCUT2D eigenvalue weighted by Gasteiger charge is 2.55. The number of carbonyl (C=O) groups excluding carboxylic acids is 1. The number of amides is 1. The highest BCUT2D eigenvalue weighted by atomic mass is 19.4. The largest absolute Gasteiger partial charge is 0.423 e. The predicted octanol–water partition coefficient (Wildman–Crippen LogP) is 3.94. The minimum atomic E-state index is -4.91. The monoisotopic (exact) mass is 473 g/mol. The summed E-state index contributed by atoms with van der Waals surface area (Å²) in [6.45, 7) is 1.21. The lowest BCUT2D eigenvalue weighted by Crippen LogP contribution is -2.42. The summed E-state index contributed by atoms with van der Waals surface area (Å²) in [4.78, 5) is 16.1. The fourth-order valence-electron chi connectivity index (χ4n) is 3.68. The van der Waals surface area contributed by atoms with Gasteiger partial charge >= 0.3 is 6.18 Å². The summed E-state index contributed by atoms with van der Waals surface area (Å²) in [7, 11) is 0. The van der Waals surface area contributed by atoms with Crippen LogP contribution < -0.4 is 5.73 Å². The van der Waals surface area contributed by atoms with Gasteiger partial charge in [-0.1, -0.05) is 42.5 Å². The predicted molar refractivity (Wildman–Crippen MR) is 115 cm³/mol. The Morgan fingerprint density at radius 1 is 1.12 bits per heavy atom. The molecular weight excluding hydrogens is 454 g/mol. The van der Waals surface area contributed by atoms with E-state index in [9.17, 15) is 27.5 Å². The normalized spacial score (nSPS) is 13.7. The van der Waals surface area contributed by atoms with Crippen LogP contribution in [0.3, 0.4) is 0 Å². The topological polar surface area (TPSA) is 107 Å². The van der Waals surface area contributed by atoms with Gasteiger partial charge in [-0.25, -0.2) is 14.1 Å². The van der Waals surface area contributed by atoms with Crippen molar-refractivity contribution >= 4 is 16.8 Å². The van der Waals surface area contributed by atoms with Crippen molar-refractivity contribution in [3.05, 3.63) is 77.5 Å². The molecule has 7 nitrogen and oxygen atoms in total. The van der Waals surface area contributed by atoms with Gasteiger partial charge in [0.1, 0.15) is 17.2 Å². The molecule has 0 fully saturated rings. The van der Waals surface area contributed by atoms with Crippen LogP contribution >= 0.6 is 0 Å². The molecule has 176 valence electrons. The molecule has 4 aromatic rings. The molecule has 0 saturated heterocycles. The first-order valence-electron chi connectivity index (χ1n) is 10.2. The number of fused-ring (bicyclic) bond motifs is 1. The quantitative estimate of drug-likeness (QED) is 0.413. The number of halogens is 4. The average Bonchev–Trinajstić information content (AvgIpc) is 3.26. The molecular formula is C23H19F4N5O2. The summed E-state index contributed by atoms with van der Waals surface area (Å²) in [5.41, 5.74) is 3.22. The number of aromatic nitrogens is 4. The number of carbonyl (C=O) groups is 1. The van der Waals surface area contributed by atoms with Gasteiger partial charge in [0.15, 0.2) is 0 Å². The number of rotatable bonds is 6. The van der Waals surface area contributed by atoms with Crippen LogP contribution in [0.2, 0.25) is 0 Å². The van der Waals surface area contributed by atoms with E-state index in [4.69, 9.17) is 5.73 Å². The van der Waals surface area contributed by atoms with Gasteiger partial charge in [0.25, 0.3) is 5.91 Å². The Labute approximate surface area is 190 Å². The second kappa shape index (κ2) is 8.49. The fraction of sp³-hybridized carbons (Fsp3) is 0.217. The summed E-state index contributed by atoms with van der Waals surface area (Å²) in [6, 6.07) is 12.4. The molecule has 3 N–H and O–H groups in total. The van der Waals surface area contributed by atoms with Gasteiger partial charge in [-0.3, -0.25) is 4.79 Å². The van der Waals surface area contributed by atoms with E-state index >= 15 is 0 Å². The van der Waals surface area contributed by atoms with Crippen molar-refractivity contribution in [1.29, 1.82) is 0 Å². The molecule has 2 aromatic heterocycles. The molecule has 0 bridgehead atoms. The maximum absolute atomic E-state index is 14.5. The first kappa shape index (κ1) is 23.3. The molecule has 0 unspecified atom stereocenters. The van der Waals surface area contributed by atoms with E-state index in [1.807, 2.05) is 0 Å². The van der Waals surface area contributed by atoms with Crippen molar-refractivity contribution in [2.75, 3.05) is 0 Å². The van der Waals surface area contributed by atoms with E-state index in [2.05, 4.69) is 15.3 Å². The third-order valence-corrected chi connectivity index (χ3v) is 5.58. The van der Waals surface area contributed by atoms with Crippen molar-refractivity contribution in [3.8, 4) is 11.1 Å². The second-order valence-corrected chi connectivity index (χ2v) is 7.76. The zero-order chi connectivity index (χ0) is 24.7. The van der Waals surface area contributed by atoms with Crippen LogP contribution in [0.15, 0.2) is 54.7 Å². The van der Waals surface area contributed by atoms with Gasteiger partial charge in [-0.15, -0.1) is 5.10 Å².